The zero-order chi connectivity index (χ0) is 22.2. The molecule has 1 aromatic heterocycles. The molecule has 0 spiro atoms. The quantitative estimate of drug-likeness (QED) is 0.488. The fourth-order valence-electron chi connectivity index (χ4n) is 2.94. The number of nitrogens with zero attached hydrogens (tertiary/aromatic N) is 2. The zero-order valence-electron chi connectivity index (χ0n) is 17.9. The van der Waals surface area contributed by atoms with E-state index in [1.54, 1.807) is 0 Å². The number of hydrogen-bond donors (Lipinski definition) is 3. The highest BCUT2D eigenvalue weighted by Crippen LogP contribution is 2.26. The maximum atomic E-state index is 12.9. The maximum absolute atomic E-state index is 12.9. The highest BCUT2D eigenvalue weighted by molar-refractivity contribution is 7.18. The highest BCUT2D eigenvalue weighted by atomic mass is 32.1. The number of nitrogens with one attached hydrogen (secondary N) is 3. The first kappa shape index (κ1) is 22.4. The lowest BCUT2D eigenvalue weighted by Crippen LogP contribution is -2.50. The van der Waals surface area contributed by atoms with E-state index in [0.717, 1.165) is 28.1 Å². The molecular weight excluding hydrogens is 410 g/mol. The number of aryl methyl sites for hydroxylation is 1. The van der Waals surface area contributed by atoms with Gasteiger partial charge in [0.1, 0.15) is 11.0 Å². The number of hydrogen-bond acceptors (Lipinski definition) is 5. The van der Waals surface area contributed by atoms with Crippen LogP contribution >= 0.6 is 11.3 Å². The molecule has 2 atom stereocenters. The summed E-state index contributed by atoms with van der Waals surface area (Å²) in [4.78, 5) is 25.3. The van der Waals surface area contributed by atoms with Crippen molar-refractivity contribution in [3.05, 3.63) is 65.7 Å². The highest BCUT2D eigenvalue weighted by Gasteiger charge is 2.27. The molecule has 162 valence electrons. The molecule has 3 N–H and O–H groups in total. The van der Waals surface area contributed by atoms with Crippen LogP contribution < -0.4 is 16.0 Å². The Labute approximate surface area is 186 Å². The Bertz CT molecular complexity index is 1000. The molecule has 0 aliphatic heterocycles. The van der Waals surface area contributed by atoms with Crippen molar-refractivity contribution in [2.75, 3.05) is 5.32 Å². The molecule has 7 nitrogen and oxygen atoms in total. The first-order valence-electron chi connectivity index (χ1n) is 10.3. The molecule has 0 bridgehead atoms. The minimum Gasteiger partial charge on any atom is -0.334 e. The number of benzene rings is 2. The van der Waals surface area contributed by atoms with Gasteiger partial charge < -0.3 is 10.6 Å². The molecule has 0 saturated heterocycles. The van der Waals surface area contributed by atoms with E-state index in [1.165, 1.54) is 11.3 Å². The Hall–Kier alpha value is -3.26. The minimum absolute atomic E-state index is 0.0491. The second-order valence-electron chi connectivity index (χ2n) is 7.44. The summed E-state index contributed by atoms with van der Waals surface area (Å²) in [5, 5.41) is 17.8. The Morgan fingerprint density at radius 1 is 1.03 bits per heavy atom. The Balaban J connectivity index is 1.62. The van der Waals surface area contributed by atoms with E-state index < -0.39 is 6.04 Å². The van der Waals surface area contributed by atoms with Crippen LogP contribution in [0.25, 0.3) is 10.6 Å². The Morgan fingerprint density at radius 3 is 2.42 bits per heavy atom. The van der Waals surface area contributed by atoms with Gasteiger partial charge in [-0.3, -0.25) is 10.1 Å². The third-order valence-electron chi connectivity index (χ3n) is 5.03. The van der Waals surface area contributed by atoms with E-state index in [4.69, 9.17) is 0 Å². The van der Waals surface area contributed by atoms with Crippen LogP contribution in [0.2, 0.25) is 0 Å². The lowest BCUT2D eigenvalue weighted by molar-refractivity contribution is -0.119. The summed E-state index contributed by atoms with van der Waals surface area (Å²) in [5.74, 6) is -0.359. The molecule has 3 aromatic rings. The van der Waals surface area contributed by atoms with Crippen LogP contribution in [-0.4, -0.2) is 28.2 Å². The van der Waals surface area contributed by atoms with Crippen molar-refractivity contribution in [2.45, 2.75) is 39.8 Å². The van der Waals surface area contributed by atoms with E-state index >= 15 is 0 Å². The molecule has 3 amide bonds. The molecule has 0 saturated carbocycles. The van der Waals surface area contributed by atoms with Gasteiger partial charge in [0.25, 0.3) is 0 Å². The van der Waals surface area contributed by atoms with Gasteiger partial charge in [-0.05, 0) is 18.4 Å². The Morgan fingerprint density at radius 2 is 1.74 bits per heavy atom. The third-order valence-corrected chi connectivity index (χ3v) is 5.92. The van der Waals surface area contributed by atoms with Gasteiger partial charge in [0, 0.05) is 12.1 Å². The van der Waals surface area contributed by atoms with Crippen molar-refractivity contribution < 1.29 is 9.59 Å². The first-order chi connectivity index (χ1) is 15.0. The number of carbonyl (C=O) groups is 2. The maximum Gasteiger partial charge on any atom is 0.315 e. The predicted molar refractivity (Wildman–Crippen MR) is 124 cm³/mol. The SMILES string of the molecule is CCC(C)C(NC(=O)NCc1ccccc1)C(=O)Nc1nnc(-c2ccc(C)cc2)s1. The third kappa shape index (κ3) is 6.36. The molecule has 0 aliphatic rings. The molecule has 0 aliphatic carbocycles. The van der Waals surface area contributed by atoms with Crippen molar-refractivity contribution in [1.82, 2.24) is 20.8 Å². The van der Waals surface area contributed by atoms with Crippen molar-refractivity contribution in [1.29, 1.82) is 0 Å². The number of anilines is 1. The van der Waals surface area contributed by atoms with Gasteiger partial charge in [-0.1, -0.05) is 91.8 Å². The first-order valence-corrected chi connectivity index (χ1v) is 11.1. The summed E-state index contributed by atoms with van der Waals surface area (Å²) in [6, 6.07) is 16.5. The molecule has 1 heterocycles. The smallest absolute Gasteiger partial charge is 0.315 e. The minimum atomic E-state index is -0.688. The van der Waals surface area contributed by atoms with Crippen molar-refractivity contribution >= 4 is 28.4 Å². The van der Waals surface area contributed by atoms with Gasteiger partial charge in [0.2, 0.25) is 11.0 Å². The molecule has 0 fully saturated rings. The monoisotopic (exact) mass is 437 g/mol. The predicted octanol–water partition coefficient (Wildman–Crippen LogP) is 4.37. The van der Waals surface area contributed by atoms with Crippen LogP contribution in [0.4, 0.5) is 9.93 Å². The number of amides is 3. The van der Waals surface area contributed by atoms with E-state index in [9.17, 15) is 9.59 Å². The van der Waals surface area contributed by atoms with Gasteiger partial charge in [0.15, 0.2) is 0 Å². The summed E-state index contributed by atoms with van der Waals surface area (Å²) >= 11 is 1.30. The van der Waals surface area contributed by atoms with Crippen LogP contribution in [0.1, 0.15) is 31.4 Å². The summed E-state index contributed by atoms with van der Waals surface area (Å²) in [6.45, 7) is 6.32. The molecule has 0 radical (unpaired) electrons. The lowest BCUT2D eigenvalue weighted by Gasteiger charge is -2.23. The summed E-state index contributed by atoms with van der Waals surface area (Å²) < 4.78 is 0. The van der Waals surface area contributed by atoms with Crippen LogP contribution in [-0.2, 0) is 11.3 Å². The lowest BCUT2D eigenvalue weighted by atomic mass is 9.98. The normalized spacial score (nSPS) is 12.6. The van der Waals surface area contributed by atoms with E-state index in [2.05, 4.69) is 26.1 Å². The number of aromatic nitrogens is 2. The van der Waals surface area contributed by atoms with E-state index in [-0.39, 0.29) is 17.9 Å². The number of carbonyl (C=O) groups excluding carboxylic acids is 2. The second-order valence-corrected chi connectivity index (χ2v) is 8.42. The summed E-state index contributed by atoms with van der Waals surface area (Å²) in [6.07, 6.45) is 0.738. The van der Waals surface area contributed by atoms with Crippen LogP contribution in [0.5, 0.6) is 0 Å². The summed E-state index contributed by atoms with van der Waals surface area (Å²) in [5.41, 5.74) is 3.09. The van der Waals surface area contributed by atoms with Crippen molar-refractivity contribution in [3.8, 4) is 10.6 Å². The van der Waals surface area contributed by atoms with Crippen molar-refractivity contribution in [3.63, 3.8) is 0 Å². The molecule has 31 heavy (non-hydrogen) atoms. The summed E-state index contributed by atoms with van der Waals surface area (Å²) in [7, 11) is 0. The molecular formula is C23H27N5O2S. The number of rotatable bonds is 8. The van der Waals surface area contributed by atoms with Crippen LogP contribution in [0.3, 0.4) is 0 Å². The average molecular weight is 438 g/mol. The molecule has 8 heteroatoms. The fraction of sp³-hybridized carbons (Fsp3) is 0.304. The average Bonchev–Trinajstić information content (AvgIpc) is 3.25. The molecule has 2 unspecified atom stereocenters. The van der Waals surface area contributed by atoms with Gasteiger partial charge >= 0.3 is 6.03 Å². The second kappa shape index (κ2) is 10.7. The van der Waals surface area contributed by atoms with Crippen LogP contribution in [0, 0.1) is 12.8 Å². The van der Waals surface area contributed by atoms with E-state index in [1.807, 2.05) is 75.4 Å². The zero-order valence-corrected chi connectivity index (χ0v) is 18.7. The molecule has 3 rings (SSSR count). The Kier molecular flexibility index (Phi) is 7.72. The van der Waals surface area contributed by atoms with Gasteiger partial charge in [-0.15, -0.1) is 10.2 Å². The number of urea groups is 1. The molecule has 2 aromatic carbocycles. The van der Waals surface area contributed by atoms with E-state index in [0.29, 0.717) is 11.7 Å². The van der Waals surface area contributed by atoms with Gasteiger partial charge in [-0.25, -0.2) is 4.79 Å². The fourth-order valence-corrected chi connectivity index (χ4v) is 3.69. The largest absolute Gasteiger partial charge is 0.334 e. The van der Waals surface area contributed by atoms with Gasteiger partial charge in [-0.2, -0.15) is 0 Å². The van der Waals surface area contributed by atoms with Gasteiger partial charge in [0.05, 0.1) is 0 Å². The van der Waals surface area contributed by atoms with Crippen molar-refractivity contribution in [2.24, 2.45) is 5.92 Å². The standard InChI is InChI=1S/C23H27N5O2S/c1-4-16(3)19(25-22(30)24-14-17-8-6-5-7-9-17)20(29)26-23-28-27-21(31-23)18-12-10-15(2)11-13-18/h5-13,16,19H,4,14H2,1-3H3,(H2,24,25,30)(H,26,28,29). The van der Waals surface area contributed by atoms with Crippen LogP contribution in [0.15, 0.2) is 54.6 Å². The topological polar surface area (TPSA) is 96.0 Å².